The van der Waals surface area contributed by atoms with Gasteiger partial charge < -0.3 is 10.3 Å². The summed E-state index contributed by atoms with van der Waals surface area (Å²) in [6.07, 6.45) is 12.5. The highest BCUT2D eigenvalue weighted by molar-refractivity contribution is 7.15. The van der Waals surface area contributed by atoms with Crippen LogP contribution in [0.15, 0.2) is 61.2 Å². The second-order valence-corrected chi connectivity index (χ2v) is 11.5. The van der Waals surface area contributed by atoms with E-state index in [1.165, 1.54) is 11.3 Å². The summed E-state index contributed by atoms with van der Waals surface area (Å²) in [5.74, 6) is 0.167. The molecule has 0 bridgehead atoms. The Morgan fingerprint density at radius 3 is 2.67 bits per heavy atom. The van der Waals surface area contributed by atoms with Gasteiger partial charge in [0, 0.05) is 45.0 Å². The van der Waals surface area contributed by atoms with Gasteiger partial charge in [0.15, 0.2) is 0 Å². The largest absolute Gasteiger partial charge is 0.353 e. The van der Waals surface area contributed by atoms with Gasteiger partial charge in [0.05, 0.1) is 45.6 Å². The van der Waals surface area contributed by atoms with Crippen LogP contribution in [0.3, 0.4) is 0 Å². The molecule has 3 N–H and O–H groups in total. The lowest BCUT2D eigenvalue weighted by Gasteiger charge is -2.20. The number of thiophene rings is 1. The average molecular weight is 534 g/mol. The Hall–Kier alpha value is -4.37. The summed E-state index contributed by atoms with van der Waals surface area (Å²) in [6.45, 7) is 2.11. The van der Waals surface area contributed by atoms with E-state index in [4.69, 9.17) is 0 Å². The number of fused-ring (bicyclic) bond motifs is 2. The van der Waals surface area contributed by atoms with E-state index in [1.54, 1.807) is 29.9 Å². The van der Waals surface area contributed by atoms with Crippen molar-refractivity contribution >= 4 is 44.7 Å². The predicted molar refractivity (Wildman–Crippen MR) is 155 cm³/mol. The zero-order chi connectivity index (χ0) is 26.3. The number of aromatic nitrogens is 6. The molecule has 1 amide bonds. The standard InChI is InChI=1S/C30H27N7OS/c1-17-7-8-27(39-17)29-21-13-25(35-23(21)9-10-32-29)28-22-12-24(33-16-26(22)36-37-28)19-11-20(15-31-14-19)34-30(38)18-5-3-2-4-6-18/h7-16,18,35H,2-6H2,1H3,(H,34,38)(H,36,37). The Bertz CT molecular complexity index is 1830. The summed E-state index contributed by atoms with van der Waals surface area (Å²) in [5.41, 5.74) is 6.83. The molecule has 0 unspecified atom stereocenters. The van der Waals surface area contributed by atoms with E-state index < -0.39 is 0 Å². The molecule has 0 radical (unpaired) electrons. The molecule has 0 saturated heterocycles. The van der Waals surface area contributed by atoms with E-state index in [-0.39, 0.29) is 11.8 Å². The van der Waals surface area contributed by atoms with E-state index in [0.717, 1.165) is 80.7 Å². The molecule has 9 heteroatoms. The number of carbonyl (C=O) groups is 1. The Labute approximate surface area is 228 Å². The Kier molecular flexibility index (Phi) is 5.93. The van der Waals surface area contributed by atoms with Crippen molar-refractivity contribution in [3.05, 3.63) is 66.1 Å². The van der Waals surface area contributed by atoms with Crippen LogP contribution in [0.25, 0.3) is 55.0 Å². The maximum absolute atomic E-state index is 12.8. The minimum absolute atomic E-state index is 0.0829. The number of anilines is 1. The highest BCUT2D eigenvalue weighted by Crippen LogP contribution is 2.36. The van der Waals surface area contributed by atoms with Gasteiger partial charge in [-0.15, -0.1) is 11.3 Å². The van der Waals surface area contributed by atoms with Gasteiger partial charge in [-0.1, -0.05) is 19.3 Å². The van der Waals surface area contributed by atoms with Crippen molar-refractivity contribution in [2.45, 2.75) is 39.0 Å². The topological polar surface area (TPSA) is 112 Å². The van der Waals surface area contributed by atoms with Crippen LogP contribution in [0, 0.1) is 12.8 Å². The van der Waals surface area contributed by atoms with E-state index in [0.29, 0.717) is 5.69 Å². The van der Waals surface area contributed by atoms with Crippen LogP contribution in [-0.4, -0.2) is 36.0 Å². The SMILES string of the molecule is Cc1ccc(-c2nccc3[nH]c(-c4n[nH]c5cnc(-c6cncc(NC(=O)C7CCCCC7)c6)cc45)cc23)s1. The van der Waals surface area contributed by atoms with Gasteiger partial charge in [0.1, 0.15) is 5.69 Å². The normalized spacial score (nSPS) is 14.3. The van der Waals surface area contributed by atoms with Gasteiger partial charge in [-0.2, -0.15) is 5.10 Å². The number of aromatic amines is 2. The number of pyridine rings is 3. The van der Waals surface area contributed by atoms with E-state index >= 15 is 0 Å². The van der Waals surface area contributed by atoms with Gasteiger partial charge >= 0.3 is 0 Å². The first-order valence-corrected chi connectivity index (χ1v) is 14.1. The fourth-order valence-electron chi connectivity index (χ4n) is 5.48. The van der Waals surface area contributed by atoms with Gasteiger partial charge in [-0.3, -0.25) is 24.8 Å². The summed E-state index contributed by atoms with van der Waals surface area (Å²) < 4.78 is 0. The molecule has 7 rings (SSSR count). The molecule has 8 nitrogen and oxygen atoms in total. The first kappa shape index (κ1) is 23.7. The minimum atomic E-state index is 0.0829. The van der Waals surface area contributed by atoms with Crippen LogP contribution in [-0.2, 0) is 4.79 Å². The second kappa shape index (κ2) is 9.74. The van der Waals surface area contributed by atoms with Crippen molar-refractivity contribution in [1.82, 2.24) is 30.1 Å². The highest BCUT2D eigenvalue weighted by atomic mass is 32.1. The first-order valence-electron chi connectivity index (χ1n) is 13.3. The molecule has 1 saturated carbocycles. The highest BCUT2D eigenvalue weighted by Gasteiger charge is 2.21. The van der Waals surface area contributed by atoms with Crippen molar-refractivity contribution in [1.29, 1.82) is 0 Å². The summed E-state index contributed by atoms with van der Waals surface area (Å²) in [6, 6.07) is 12.3. The fourth-order valence-corrected chi connectivity index (χ4v) is 6.36. The Morgan fingerprint density at radius 1 is 0.949 bits per heavy atom. The summed E-state index contributed by atoms with van der Waals surface area (Å²) in [5, 5.41) is 12.8. The molecule has 0 spiro atoms. The molecule has 194 valence electrons. The van der Waals surface area contributed by atoms with Crippen molar-refractivity contribution in [3.8, 4) is 33.2 Å². The van der Waals surface area contributed by atoms with Crippen LogP contribution >= 0.6 is 11.3 Å². The van der Waals surface area contributed by atoms with Crippen LogP contribution in [0.5, 0.6) is 0 Å². The zero-order valence-electron chi connectivity index (χ0n) is 21.5. The van der Waals surface area contributed by atoms with Crippen molar-refractivity contribution in [3.63, 3.8) is 0 Å². The van der Waals surface area contributed by atoms with E-state index in [2.05, 4.69) is 60.6 Å². The number of nitrogens with one attached hydrogen (secondary N) is 3. The molecule has 6 aromatic heterocycles. The van der Waals surface area contributed by atoms with Gasteiger partial charge in [-0.05, 0) is 56.2 Å². The molecular weight excluding hydrogens is 506 g/mol. The third kappa shape index (κ3) is 4.48. The zero-order valence-corrected chi connectivity index (χ0v) is 22.3. The predicted octanol–water partition coefficient (Wildman–Crippen LogP) is 7.12. The maximum atomic E-state index is 12.8. The Morgan fingerprint density at radius 2 is 1.82 bits per heavy atom. The van der Waals surface area contributed by atoms with E-state index in [9.17, 15) is 4.79 Å². The maximum Gasteiger partial charge on any atom is 0.227 e. The number of hydrogen-bond acceptors (Lipinski definition) is 6. The van der Waals surface area contributed by atoms with E-state index in [1.807, 2.05) is 24.4 Å². The van der Waals surface area contributed by atoms with Crippen LogP contribution < -0.4 is 5.32 Å². The quantitative estimate of drug-likeness (QED) is 0.218. The first-order chi connectivity index (χ1) is 19.1. The third-order valence-corrected chi connectivity index (χ3v) is 8.51. The van der Waals surface area contributed by atoms with Crippen LogP contribution in [0.2, 0.25) is 0 Å². The van der Waals surface area contributed by atoms with Crippen molar-refractivity contribution in [2.24, 2.45) is 5.92 Å². The molecule has 1 fully saturated rings. The van der Waals surface area contributed by atoms with Crippen molar-refractivity contribution in [2.75, 3.05) is 5.32 Å². The van der Waals surface area contributed by atoms with Crippen LogP contribution in [0.1, 0.15) is 37.0 Å². The number of H-pyrrole nitrogens is 2. The molecule has 0 atom stereocenters. The van der Waals surface area contributed by atoms with Crippen molar-refractivity contribution < 1.29 is 4.79 Å². The molecule has 0 aliphatic heterocycles. The fraction of sp³-hybridized carbons (Fsp3) is 0.233. The number of carbonyl (C=O) groups excluding carboxylic acids is 1. The number of amides is 1. The summed E-state index contributed by atoms with van der Waals surface area (Å²) >= 11 is 1.74. The lowest BCUT2D eigenvalue weighted by Crippen LogP contribution is -2.24. The molecular formula is C30H27N7OS. The lowest BCUT2D eigenvalue weighted by molar-refractivity contribution is -0.120. The summed E-state index contributed by atoms with van der Waals surface area (Å²) in [4.78, 5) is 32.4. The molecule has 6 heterocycles. The van der Waals surface area contributed by atoms with Crippen LogP contribution in [0.4, 0.5) is 5.69 Å². The van der Waals surface area contributed by atoms with Gasteiger partial charge in [0.25, 0.3) is 0 Å². The Balaban J connectivity index is 1.22. The number of rotatable bonds is 5. The minimum Gasteiger partial charge on any atom is -0.353 e. The molecule has 1 aliphatic carbocycles. The second-order valence-electron chi connectivity index (χ2n) is 10.2. The number of nitrogens with zero attached hydrogens (tertiary/aromatic N) is 4. The third-order valence-electron chi connectivity index (χ3n) is 7.50. The number of hydrogen-bond donors (Lipinski definition) is 3. The smallest absolute Gasteiger partial charge is 0.227 e. The van der Waals surface area contributed by atoms with Gasteiger partial charge in [0.2, 0.25) is 5.91 Å². The van der Waals surface area contributed by atoms with Gasteiger partial charge in [-0.25, -0.2) is 0 Å². The molecule has 39 heavy (non-hydrogen) atoms. The average Bonchev–Trinajstić information content (AvgIpc) is 3.71. The lowest BCUT2D eigenvalue weighted by atomic mass is 9.88. The summed E-state index contributed by atoms with van der Waals surface area (Å²) in [7, 11) is 0. The molecule has 0 aromatic carbocycles. The number of aryl methyl sites for hydroxylation is 1. The monoisotopic (exact) mass is 533 g/mol. The molecule has 1 aliphatic rings. The molecule has 6 aromatic rings.